The molecule has 1 aliphatic heterocycles. The van der Waals surface area contributed by atoms with E-state index in [1.54, 1.807) is 24.8 Å². The van der Waals surface area contributed by atoms with Crippen molar-refractivity contribution in [2.45, 2.75) is 44.9 Å². The highest BCUT2D eigenvalue weighted by Crippen LogP contribution is 2.35. The molecule has 3 N–H and O–H groups in total. The summed E-state index contributed by atoms with van der Waals surface area (Å²) in [5.74, 6) is 0.237. The number of carbonyl (C=O) groups excluding carboxylic acids is 1. The maximum atomic E-state index is 14.8. The van der Waals surface area contributed by atoms with Crippen LogP contribution in [-0.4, -0.2) is 67.2 Å². The van der Waals surface area contributed by atoms with Gasteiger partial charge in [0.25, 0.3) is 0 Å². The molecule has 0 spiro atoms. The van der Waals surface area contributed by atoms with Crippen molar-refractivity contribution in [2.75, 3.05) is 31.6 Å². The molecule has 2 aliphatic rings. The average Bonchev–Trinajstić information content (AvgIpc) is 3.88. The molecule has 1 saturated heterocycles. The highest BCUT2D eigenvalue weighted by molar-refractivity contribution is 6.00. The van der Waals surface area contributed by atoms with E-state index in [0.29, 0.717) is 34.9 Å². The van der Waals surface area contributed by atoms with E-state index in [0.717, 1.165) is 84.1 Å². The van der Waals surface area contributed by atoms with E-state index in [2.05, 4.69) is 40.3 Å². The number of rotatable bonds is 9. The molecular formula is C37H37FN8O2. The molecule has 1 saturated carbocycles. The van der Waals surface area contributed by atoms with Crippen molar-refractivity contribution in [1.82, 2.24) is 35.0 Å². The Labute approximate surface area is 277 Å². The molecule has 0 bridgehead atoms. The molecule has 11 heteroatoms. The molecule has 6 heterocycles. The van der Waals surface area contributed by atoms with Crippen LogP contribution in [0.25, 0.3) is 55.7 Å². The summed E-state index contributed by atoms with van der Waals surface area (Å²) >= 11 is 0. The van der Waals surface area contributed by atoms with Gasteiger partial charge in [0.2, 0.25) is 5.91 Å². The standard InChI is InChI=1S/C37H37FN8O2/c38-27-14-24(16-29(18-27)48-13-12-46-10-4-5-11-46)34-30-19-33(43-32(30)8-9-40-34)35-31-17-26(21-41-36(31)45-44-35)25-15-28(22-39-20-25)42-37(47)23-6-2-1-3-7-23/h8-9,14-23,43H,1-7,10-13H2,(H,42,47)(H,41,44,45). The number of carbonyl (C=O) groups is 1. The smallest absolute Gasteiger partial charge is 0.227 e. The molecule has 1 aromatic carbocycles. The monoisotopic (exact) mass is 644 g/mol. The highest BCUT2D eigenvalue weighted by Gasteiger charge is 2.22. The Hall–Kier alpha value is -5.16. The average molecular weight is 645 g/mol. The Kier molecular flexibility index (Phi) is 8.27. The number of halogens is 1. The zero-order chi connectivity index (χ0) is 32.5. The van der Waals surface area contributed by atoms with E-state index in [9.17, 15) is 9.18 Å². The van der Waals surface area contributed by atoms with E-state index in [1.165, 1.54) is 31.4 Å². The Morgan fingerprint density at radius 1 is 0.917 bits per heavy atom. The van der Waals surface area contributed by atoms with Crippen LogP contribution in [0.15, 0.2) is 67.3 Å². The summed E-state index contributed by atoms with van der Waals surface area (Å²) in [4.78, 5) is 32.4. The third-order valence-corrected chi connectivity index (χ3v) is 9.56. The zero-order valence-electron chi connectivity index (χ0n) is 26.6. The van der Waals surface area contributed by atoms with Gasteiger partial charge in [0.15, 0.2) is 5.65 Å². The number of hydrogen-bond acceptors (Lipinski definition) is 7. The lowest BCUT2D eigenvalue weighted by Gasteiger charge is -2.20. The number of aromatic nitrogens is 6. The number of pyridine rings is 3. The second kappa shape index (κ2) is 13.2. The van der Waals surface area contributed by atoms with E-state index in [1.807, 2.05) is 30.3 Å². The predicted octanol–water partition coefficient (Wildman–Crippen LogP) is 7.36. The Balaban J connectivity index is 1.07. The number of nitrogens with one attached hydrogen (secondary N) is 3. The van der Waals surface area contributed by atoms with Gasteiger partial charge in [0, 0.05) is 70.1 Å². The summed E-state index contributed by atoms with van der Waals surface area (Å²) in [5.41, 5.74) is 6.64. The normalized spacial score (nSPS) is 15.8. The number of ether oxygens (including phenoxy) is 1. The number of nitrogens with zero attached hydrogens (tertiary/aromatic N) is 5. The van der Waals surface area contributed by atoms with Gasteiger partial charge in [-0.1, -0.05) is 19.3 Å². The van der Waals surface area contributed by atoms with Gasteiger partial charge in [-0.05, 0) is 75.2 Å². The van der Waals surface area contributed by atoms with Crippen LogP contribution in [-0.2, 0) is 4.79 Å². The lowest BCUT2D eigenvalue weighted by Crippen LogP contribution is -2.25. The molecule has 5 aromatic heterocycles. The first-order valence-electron chi connectivity index (χ1n) is 16.8. The van der Waals surface area contributed by atoms with Crippen molar-refractivity contribution in [3.63, 3.8) is 0 Å². The molecular weight excluding hydrogens is 607 g/mol. The van der Waals surface area contributed by atoms with Crippen LogP contribution in [0.3, 0.4) is 0 Å². The predicted molar refractivity (Wildman–Crippen MR) is 184 cm³/mol. The molecule has 2 fully saturated rings. The minimum Gasteiger partial charge on any atom is -0.492 e. The van der Waals surface area contributed by atoms with Gasteiger partial charge in [-0.15, -0.1) is 0 Å². The molecule has 1 aliphatic carbocycles. The first-order valence-corrected chi connectivity index (χ1v) is 16.8. The quantitative estimate of drug-likeness (QED) is 0.150. The number of likely N-dealkylation sites (tertiary alicyclic amines) is 1. The summed E-state index contributed by atoms with van der Waals surface area (Å²) in [7, 11) is 0. The van der Waals surface area contributed by atoms with Gasteiger partial charge in [-0.3, -0.25) is 24.8 Å². The van der Waals surface area contributed by atoms with Crippen molar-refractivity contribution in [3.05, 3.63) is 73.1 Å². The summed E-state index contributed by atoms with van der Waals surface area (Å²) < 4.78 is 20.8. The second-order valence-corrected chi connectivity index (χ2v) is 12.9. The third-order valence-electron chi connectivity index (χ3n) is 9.56. The van der Waals surface area contributed by atoms with Crippen LogP contribution in [0.1, 0.15) is 44.9 Å². The fourth-order valence-electron chi connectivity index (χ4n) is 7.04. The molecule has 48 heavy (non-hydrogen) atoms. The zero-order valence-corrected chi connectivity index (χ0v) is 26.6. The number of anilines is 1. The van der Waals surface area contributed by atoms with Crippen LogP contribution in [0.2, 0.25) is 0 Å². The largest absolute Gasteiger partial charge is 0.492 e. The van der Waals surface area contributed by atoms with Gasteiger partial charge >= 0.3 is 0 Å². The number of fused-ring (bicyclic) bond motifs is 2. The maximum absolute atomic E-state index is 14.8. The van der Waals surface area contributed by atoms with Crippen LogP contribution in [0.5, 0.6) is 5.75 Å². The molecule has 0 atom stereocenters. The van der Waals surface area contributed by atoms with Crippen LogP contribution < -0.4 is 10.1 Å². The minimum absolute atomic E-state index is 0.0573. The molecule has 0 radical (unpaired) electrons. The third kappa shape index (κ3) is 6.25. The maximum Gasteiger partial charge on any atom is 0.227 e. The first kappa shape index (κ1) is 30.2. The van der Waals surface area contributed by atoms with E-state index in [4.69, 9.17) is 4.74 Å². The topological polar surface area (TPSA) is 125 Å². The molecule has 0 unspecified atom stereocenters. The van der Waals surface area contributed by atoms with Gasteiger partial charge in [-0.2, -0.15) is 5.10 Å². The minimum atomic E-state index is -0.372. The molecule has 8 rings (SSSR count). The first-order chi connectivity index (χ1) is 23.6. The van der Waals surface area contributed by atoms with Gasteiger partial charge < -0.3 is 15.0 Å². The van der Waals surface area contributed by atoms with Crippen molar-refractivity contribution in [3.8, 4) is 39.5 Å². The SMILES string of the molecule is O=C(Nc1cncc(-c2cnc3n[nH]c(-c4cc5c(-c6cc(F)cc(OCCN7CCCC7)c6)nccc5[nH]4)c3c2)c1)C1CCCCC1. The van der Waals surface area contributed by atoms with Gasteiger partial charge in [0.1, 0.15) is 18.2 Å². The number of H-pyrrole nitrogens is 2. The number of hydrogen-bond donors (Lipinski definition) is 3. The number of amides is 1. The summed E-state index contributed by atoms with van der Waals surface area (Å²) in [5, 5.41) is 12.3. The highest BCUT2D eigenvalue weighted by atomic mass is 19.1. The lowest BCUT2D eigenvalue weighted by atomic mass is 9.88. The fraction of sp³-hybridized carbons (Fsp3) is 0.324. The van der Waals surface area contributed by atoms with Crippen molar-refractivity contribution >= 4 is 33.5 Å². The molecule has 244 valence electrons. The lowest BCUT2D eigenvalue weighted by molar-refractivity contribution is -0.120. The Morgan fingerprint density at radius 3 is 2.65 bits per heavy atom. The van der Waals surface area contributed by atoms with E-state index < -0.39 is 0 Å². The molecule has 1 amide bonds. The van der Waals surface area contributed by atoms with E-state index in [-0.39, 0.29) is 17.6 Å². The van der Waals surface area contributed by atoms with Crippen molar-refractivity contribution in [1.29, 1.82) is 0 Å². The number of benzene rings is 1. The molecule has 10 nitrogen and oxygen atoms in total. The molecule has 6 aromatic rings. The Bertz CT molecular complexity index is 2090. The van der Waals surface area contributed by atoms with Gasteiger partial charge in [-0.25, -0.2) is 9.37 Å². The Morgan fingerprint density at radius 2 is 1.77 bits per heavy atom. The summed E-state index contributed by atoms with van der Waals surface area (Å²) in [6.07, 6.45) is 14.6. The summed E-state index contributed by atoms with van der Waals surface area (Å²) in [6.45, 7) is 3.52. The number of aromatic amines is 2. The summed E-state index contributed by atoms with van der Waals surface area (Å²) in [6, 6.07) is 12.6. The van der Waals surface area contributed by atoms with E-state index >= 15 is 0 Å². The van der Waals surface area contributed by atoms with Crippen LogP contribution in [0.4, 0.5) is 10.1 Å². The fourth-order valence-corrected chi connectivity index (χ4v) is 7.04. The van der Waals surface area contributed by atoms with Gasteiger partial charge in [0.05, 0.1) is 29.0 Å². The van der Waals surface area contributed by atoms with Crippen molar-refractivity contribution < 1.29 is 13.9 Å². The second-order valence-electron chi connectivity index (χ2n) is 12.9. The van der Waals surface area contributed by atoms with Crippen LogP contribution >= 0.6 is 0 Å². The van der Waals surface area contributed by atoms with Crippen LogP contribution in [0, 0.1) is 11.7 Å². The van der Waals surface area contributed by atoms with Crippen molar-refractivity contribution in [2.24, 2.45) is 5.92 Å².